The van der Waals surface area contributed by atoms with E-state index in [-0.39, 0.29) is 0 Å². The van der Waals surface area contributed by atoms with E-state index in [4.69, 9.17) is 16.3 Å². The van der Waals surface area contributed by atoms with Crippen LogP contribution in [0, 0.1) is 6.92 Å². The molecule has 0 heterocycles. The molecule has 6 nitrogen and oxygen atoms in total. The van der Waals surface area contributed by atoms with Gasteiger partial charge in [-0.3, -0.25) is 9.10 Å². The average Bonchev–Trinajstić information content (AvgIpc) is 2.63. The van der Waals surface area contributed by atoms with Crippen LogP contribution in [0.4, 0.5) is 11.4 Å². The molecule has 8 heteroatoms. The Kier molecular flexibility index (Phi) is 7.10. The number of nitrogens with zero attached hydrogens (tertiary/aromatic N) is 1. The minimum atomic E-state index is -3.72. The monoisotopic (exact) mass is 422 g/mol. The van der Waals surface area contributed by atoms with Crippen LogP contribution in [0.3, 0.4) is 0 Å². The molecule has 0 spiro atoms. The van der Waals surface area contributed by atoms with Gasteiger partial charge in [0.2, 0.25) is 15.9 Å². The van der Waals surface area contributed by atoms with Crippen LogP contribution in [0.15, 0.2) is 55.1 Å². The van der Waals surface area contributed by atoms with E-state index < -0.39 is 22.0 Å². The Hall–Kier alpha value is -2.51. The third-order valence-corrected chi connectivity index (χ3v) is 5.64. The lowest BCUT2D eigenvalue weighted by Crippen LogP contribution is -2.45. The van der Waals surface area contributed by atoms with Crippen LogP contribution < -0.4 is 14.4 Å². The second kappa shape index (κ2) is 9.12. The molecular weight excluding hydrogens is 400 g/mol. The molecule has 1 atom stereocenters. The molecule has 150 valence electrons. The van der Waals surface area contributed by atoms with Gasteiger partial charge in [0.15, 0.2) is 0 Å². The Bertz CT molecular complexity index is 959. The molecule has 0 saturated carbocycles. The molecule has 1 unspecified atom stereocenters. The number of carbonyl (C=O) groups excluding carboxylic acids is 1. The largest absolute Gasteiger partial charge is 0.490 e. The maximum atomic E-state index is 12.7. The van der Waals surface area contributed by atoms with Crippen LogP contribution in [-0.2, 0) is 14.8 Å². The number of ether oxygens (including phenoxy) is 1. The summed E-state index contributed by atoms with van der Waals surface area (Å²) in [4.78, 5) is 12.7. The lowest BCUT2D eigenvalue weighted by atomic mass is 10.2. The highest BCUT2D eigenvalue weighted by atomic mass is 35.5. The quantitative estimate of drug-likeness (QED) is 0.652. The predicted molar refractivity (Wildman–Crippen MR) is 114 cm³/mol. The molecule has 0 saturated heterocycles. The zero-order valence-corrected chi connectivity index (χ0v) is 17.5. The third-order valence-electron chi connectivity index (χ3n) is 3.99. The normalized spacial score (nSPS) is 12.1. The molecule has 0 fully saturated rings. The summed E-state index contributed by atoms with van der Waals surface area (Å²) in [6, 6.07) is 10.7. The maximum Gasteiger partial charge on any atom is 0.247 e. The van der Waals surface area contributed by atoms with Gasteiger partial charge >= 0.3 is 0 Å². The van der Waals surface area contributed by atoms with Gasteiger partial charge in [0.05, 0.1) is 11.9 Å². The molecule has 0 radical (unpaired) electrons. The molecular formula is C20H23ClN2O4S. The summed E-state index contributed by atoms with van der Waals surface area (Å²) in [7, 11) is -3.72. The molecule has 0 aromatic heterocycles. The highest BCUT2D eigenvalue weighted by molar-refractivity contribution is 7.92. The van der Waals surface area contributed by atoms with Gasteiger partial charge in [0.1, 0.15) is 18.4 Å². The van der Waals surface area contributed by atoms with Crippen molar-refractivity contribution >= 4 is 38.9 Å². The van der Waals surface area contributed by atoms with E-state index in [0.29, 0.717) is 28.8 Å². The van der Waals surface area contributed by atoms with E-state index in [2.05, 4.69) is 11.9 Å². The van der Waals surface area contributed by atoms with Gasteiger partial charge in [-0.05, 0) is 55.8 Å². The van der Waals surface area contributed by atoms with E-state index in [0.717, 1.165) is 16.1 Å². The maximum absolute atomic E-state index is 12.7. The first kappa shape index (κ1) is 21.8. The van der Waals surface area contributed by atoms with Crippen molar-refractivity contribution in [3.63, 3.8) is 0 Å². The van der Waals surface area contributed by atoms with Crippen molar-refractivity contribution in [3.8, 4) is 5.75 Å². The topological polar surface area (TPSA) is 75.7 Å². The fraction of sp³-hybridized carbons (Fsp3) is 0.250. The van der Waals surface area contributed by atoms with Crippen LogP contribution >= 0.6 is 11.6 Å². The fourth-order valence-electron chi connectivity index (χ4n) is 2.56. The van der Waals surface area contributed by atoms with Crippen molar-refractivity contribution in [1.29, 1.82) is 0 Å². The average molecular weight is 423 g/mol. The number of anilines is 2. The van der Waals surface area contributed by atoms with Crippen molar-refractivity contribution in [2.45, 2.75) is 19.9 Å². The fourth-order valence-corrected chi connectivity index (χ4v) is 3.91. The molecule has 0 aliphatic rings. The van der Waals surface area contributed by atoms with Crippen LogP contribution in [0.25, 0.3) is 0 Å². The van der Waals surface area contributed by atoms with Gasteiger partial charge in [-0.25, -0.2) is 8.42 Å². The Morgan fingerprint density at radius 1 is 1.29 bits per heavy atom. The van der Waals surface area contributed by atoms with E-state index >= 15 is 0 Å². The molecule has 2 aromatic carbocycles. The lowest BCUT2D eigenvalue weighted by molar-refractivity contribution is -0.116. The first-order chi connectivity index (χ1) is 13.1. The standard InChI is InChI=1S/C20H23ClN2O4S/c1-5-12-27-18-10-7-16(8-11-18)22-20(24)15(3)23(28(4,25)26)17-9-6-14(2)19(21)13-17/h5-11,13,15H,1,12H2,2-4H3,(H,22,24). The van der Waals surface area contributed by atoms with E-state index in [1.807, 2.05) is 6.92 Å². The number of benzene rings is 2. The van der Waals surface area contributed by atoms with Crippen molar-refractivity contribution in [3.05, 3.63) is 65.7 Å². The number of aryl methyl sites for hydroxylation is 1. The molecule has 0 aliphatic heterocycles. The van der Waals surface area contributed by atoms with Crippen LogP contribution in [0.1, 0.15) is 12.5 Å². The van der Waals surface area contributed by atoms with Crippen molar-refractivity contribution in [2.75, 3.05) is 22.5 Å². The van der Waals surface area contributed by atoms with E-state index in [1.54, 1.807) is 42.5 Å². The second-order valence-electron chi connectivity index (χ2n) is 6.28. The Morgan fingerprint density at radius 2 is 1.93 bits per heavy atom. The lowest BCUT2D eigenvalue weighted by Gasteiger charge is -2.28. The Morgan fingerprint density at radius 3 is 2.46 bits per heavy atom. The van der Waals surface area contributed by atoms with E-state index in [9.17, 15) is 13.2 Å². The van der Waals surface area contributed by atoms with Crippen molar-refractivity contribution in [2.24, 2.45) is 0 Å². The number of carbonyl (C=O) groups is 1. The molecule has 0 bridgehead atoms. The van der Waals surface area contributed by atoms with E-state index in [1.165, 1.54) is 13.0 Å². The SMILES string of the molecule is C=CCOc1ccc(NC(=O)C(C)N(c2ccc(C)c(Cl)c2)S(C)(=O)=O)cc1. The zero-order chi connectivity index (χ0) is 20.9. The number of amides is 1. The van der Waals surface area contributed by atoms with Crippen LogP contribution in [-0.4, -0.2) is 33.2 Å². The molecule has 2 aromatic rings. The smallest absolute Gasteiger partial charge is 0.247 e. The van der Waals surface area contributed by atoms with Crippen molar-refractivity contribution < 1.29 is 17.9 Å². The summed E-state index contributed by atoms with van der Waals surface area (Å²) in [6.07, 6.45) is 2.69. The summed E-state index contributed by atoms with van der Waals surface area (Å²) in [6.45, 7) is 7.29. The Balaban J connectivity index is 2.21. The minimum Gasteiger partial charge on any atom is -0.490 e. The number of hydrogen-bond donors (Lipinski definition) is 1. The van der Waals surface area contributed by atoms with Gasteiger partial charge in [0.25, 0.3) is 0 Å². The summed E-state index contributed by atoms with van der Waals surface area (Å²) in [5.41, 5.74) is 1.67. The molecule has 28 heavy (non-hydrogen) atoms. The van der Waals surface area contributed by atoms with Crippen LogP contribution in [0.2, 0.25) is 5.02 Å². The minimum absolute atomic E-state index is 0.328. The zero-order valence-electron chi connectivity index (χ0n) is 16.0. The van der Waals surface area contributed by atoms with Gasteiger partial charge < -0.3 is 10.1 Å². The number of nitrogens with one attached hydrogen (secondary N) is 1. The number of hydrogen-bond acceptors (Lipinski definition) is 4. The molecule has 1 N–H and O–H groups in total. The van der Waals surface area contributed by atoms with Gasteiger partial charge in [0, 0.05) is 10.7 Å². The van der Waals surface area contributed by atoms with Gasteiger partial charge in [-0.1, -0.05) is 30.3 Å². The third kappa shape index (κ3) is 5.50. The van der Waals surface area contributed by atoms with Gasteiger partial charge in [-0.2, -0.15) is 0 Å². The highest BCUT2D eigenvalue weighted by Crippen LogP contribution is 2.27. The number of halogens is 1. The predicted octanol–water partition coefficient (Wildman–Crippen LogP) is 4.01. The first-order valence-electron chi connectivity index (χ1n) is 8.53. The van der Waals surface area contributed by atoms with Gasteiger partial charge in [-0.15, -0.1) is 0 Å². The van der Waals surface area contributed by atoms with Crippen LogP contribution in [0.5, 0.6) is 5.75 Å². The highest BCUT2D eigenvalue weighted by Gasteiger charge is 2.29. The first-order valence-corrected chi connectivity index (χ1v) is 10.8. The molecule has 1 amide bonds. The summed E-state index contributed by atoms with van der Waals surface area (Å²) >= 11 is 6.13. The summed E-state index contributed by atoms with van der Waals surface area (Å²) < 4.78 is 31.1. The Labute approximate surface area is 170 Å². The summed E-state index contributed by atoms with van der Waals surface area (Å²) in [5.74, 6) is 0.167. The number of sulfonamides is 1. The molecule has 0 aliphatic carbocycles. The summed E-state index contributed by atoms with van der Waals surface area (Å²) in [5, 5.41) is 3.14. The molecule has 2 rings (SSSR count). The number of rotatable bonds is 8. The second-order valence-corrected chi connectivity index (χ2v) is 8.55. The van der Waals surface area contributed by atoms with Crippen molar-refractivity contribution in [1.82, 2.24) is 0 Å².